The van der Waals surface area contributed by atoms with Gasteiger partial charge < -0.3 is 15.8 Å². The summed E-state index contributed by atoms with van der Waals surface area (Å²) in [5.41, 5.74) is 8.32. The summed E-state index contributed by atoms with van der Waals surface area (Å²) >= 11 is 0. The van der Waals surface area contributed by atoms with Crippen LogP contribution in [0.3, 0.4) is 0 Å². The van der Waals surface area contributed by atoms with Crippen LogP contribution in [-0.2, 0) is 22.5 Å². The molecular formula is C18H29Cl2N3O2. The molecule has 2 heterocycles. The molecule has 1 saturated heterocycles. The van der Waals surface area contributed by atoms with Gasteiger partial charge in [0.05, 0.1) is 5.41 Å². The molecule has 7 heteroatoms. The number of hydrogen-bond acceptors (Lipinski definition) is 4. The molecule has 5 nitrogen and oxygen atoms in total. The van der Waals surface area contributed by atoms with Crippen LogP contribution in [0.25, 0.3) is 0 Å². The van der Waals surface area contributed by atoms with Gasteiger partial charge in [0.1, 0.15) is 0 Å². The zero-order valence-electron chi connectivity index (χ0n) is 14.5. The minimum atomic E-state index is -0.424. The quantitative estimate of drug-likeness (QED) is 0.804. The molecule has 0 aliphatic carbocycles. The Morgan fingerprint density at radius 3 is 2.56 bits per heavy atom. The lowest BCUT2D eigenvalue weighted by Gasteiger charge is -2.35. The molecular weight excluding hydrogens is 361 g/mol. The molecule has 1 aromatic rings. The average Bonchev–Trinajstić information content (AvgIpc) is 2.62. The van der Waals surface area contributed by atoms with Crippen LogP contribution in [0.5, 0.6) is 0 Å². The molecule has 0 radical (unpaired) electrons. The van der Waals surface area contributed by atoms with Crippen molar-refractivity contribution in [1.29, 1.82) is 0 Å². The van der Waals surface area contributed by atoms with E-state index in [0.717, 1.165) is 38.9 Å². The van der Waals surface area contributed by atoms with Crippen molar-refractivity contribution in [2.45, 2.75) is 25.8 Å². The monoisotopic (exact) mass is 389 g/mol. The lowest BCUT2D eigenvalue weighted by atomic mass is 9.79. The van der Waals surface area contributed by atoms with Gasteiger partial charge >= 0.3 is 0 Å². The fourth-order valence-corrected chi connectivity index (χ4v) is 3.55. The van der Waals surface area contributed by atoms with Gasteiger partial charge in [-0.15, -0.1) is 24.8 Å². The third kappa shape index (κ3) is 5.31. The SMILES string of the molecule is Cl.Cl.NCC1(C(=O)NCCN2CCc3ccccc3C2)CCOCC1. The fourth-order valence-electron chi connectivity index (χ4n) is 3.55. The zero-order valence-corrected chi connectivity index (χ0v) is 16.2. The lowest BCUT2D eigenvalue weighted by molar-refractivity contribution is -0.135. The van der Waals surface area contributed by atoms with Gasteiger partial charge in [-0.1, -0.05) is 24.3 Å². The van der Waals surface area contributed by atoms with Crippen molar-refractivity contribution >= 4 is 30.7 Å². The lowest BCUT2D eigenvalue weighted by Crippen LogP contribution is -2.50. The highest BCUT2D eigenvalue weighted by Crippen LogP contribution is 2.29. The van der Waals surface area contributed by atoms with E-state index >= 15 is 0 Å². The maximum atomic E-state index is 12.5. The van der Waals surface area contributed by atoms with E-state index in [2.05, 4.69) is 34.5 Å². The van der Waals surface area contributed by atoms with E-state index in [1.807, 2.05) is 0 Å². The van der Waals surface area contributed by atoms with Gasteiger partial charge in [0.2, 0.25) is 5.91 Å². The van der Waals surface area contributed by atoms with E-state index < -0.39 is 5.41 Å². The third-order valence-corrected chi connectivity index (χ3v) is 5.25. The van der Waals surface area contributed by atoms with Crippen molar-refractivity contribution in [2.75, 3.05) is 39.4 Å². The molecule has 0 bridgehead atoms. The Morgan fingerprint density at radius 1 is 1.20 bits per heavy atom. The number of ether oxygens (including phenoxy) is 1. The molecule has 1 aromatic carbocycles. The number of carbonyl (C=O) groups excluding carboxylic acids is 1. The van der Waals surface area contributed by atoms with Crippen LogP contribution in [0.2, 0.25) is 0 Å². The molecule has 3 rings (SSSR count). The van der Waals surface area contributed by atoms with Crippen LogP contribution in [0.15, 0.2) is 24.3 Å². The van der Waals surface area contributed by atoms with Crippen LogP contribution in [0.1, 0.15) is 24.0 Å². The Hall–Kier alpha value is -0.850. The Labute approximate surface area is 162 Å². The minimum Gasteiger partial charge on any atom is -0.381 e. The summed E-state index contributed by atoms with van der Waals surface area (Å²) in [6.07, 6.45) is 2.55. The average molecular weight is 390 g/mol. The third-order valence-electron chi connectivity index (χ3n) is 5.25. The molecule has 0 saturated carbocycles. The van der Waals surface area contributed by atoms with Gasteiger partial charge in [-0.25, -0.2) is 0 Å². The highest BCUT2D eigenvalue weighted by Gasteiger charge is 2.38. The maximum Gasteiger partial charge on any atom is 0.227 e. The molecule has 2 aliphatic rings. The van der Waals surface area contributed by atoms with Crippen LogP contribution in [-0.4, -0.2) is 50.2 Å². The maximum absolute atomic E-state index is 12.5. The molecule has 3 N–H and O–H groups in total. The number of nitrogens with zero attached hydrogens (tertiary/aromatic N) is 1. The van der Waals surface area contributed by atoms with Crippen molar-refractivity contribution < 1.29 is 9.53 Å². The van der Waals surface area contributed by atoms with Crippen LogP contribution >= 0.6 is 24.8 Å². The van der Waals surface area contributed by atoms with Crippen molar-refractivity contribution in [3.63, 3.8) is 0 Å². The summed E-state index contributed by atoms with van der Waals surface area (Å²) in [7, 11) is 0. The summed E-state index contributed by atoms with van der Waals surface area (Å²) in [6, 6.07) is 8.62. The second kappa shape index (κ2) is 10.3. The second-order valence-corrected chi connectivity index (χ2v) is 6.65. The first kappa shape index (κ1) is 22.2. The van der Waals surface area contributed by atoms with Crippen LogP contribution in [0.4, 0.5) is 0 Å². The summed E-state index contributed by atoms with van der Waals surface area (Å²) in [4.78, 5) is 14.9. The molecule has 0 unspecified atom stereocenters. The molecule has 0 spiro atoms. The second-order valence-electron chi connectivity index (χ2n) is 6.65. The molecule has 142 valence electrons. The van der Waals surface area contributed by atoms with Crippen molar-refractivity contribution in [1.82, 2.24) is 10.2 Å². The number of rotatable bonds is 5. The molecule has 2 aliphatic heterocycles. The van der Waals surface area contributed by atoms with E-state index in [1.165, 1.54) is 11.1 Å². The van der Waals surface area contributed by atoms with Crippen molar-refractivity contribution in [2.24, 2.45) is 11.1 Å². The molecule has 0 aromatic heterocycles. The summed E-state index contributed by atoms with van der Waals surface area (Å²) in [6.45, 7) is 5.27. The number of halogens is 2. The molecule has 1 amide bonds. The van der Waals surface area contributed by atoms with Gasteiger partial charge in [0.25, 0.3) is 0 Å². The smallest absolute Gasteiger partial charge is 0.227 e. The first-order chi connectivity index (χ1) is 11.2. The number of carbonyl (C=O) groups is 1. The van der Waals surface area contributed by atoms with Gasteiger partial charge in [0.15, 0.2) is 0 Å². The number of hydrogen-bond donors (Lipinski definition) is 2. The Balaban J connectivity index is 0.00000156. The van der Waals surface area contributed by atoms with E-state index in [9.17, 15) is 4.79 Å². The summed E-state index contributed by atoms with van der Waals surface area (Å²) < 4.78 is 5.37. The van der Waals surface area contributed by atoms with E-state index in [0.29, 0.717) is 26.3 Å². The predicted octanol–water partition coefficient (Wildman–Crippen LogP) is 1.76. The first-order valence-electron chi connectivity index (χ1n) is 8.59. The molecule has 1 fully saturated rings. The highest BCUT2D eigenvalue weighted by molar-refractivity contribution is 5.85. The molecule has 0 atom stereocenters. The van der Waals surface area contributed by atoms with E-state index in [1.54, 1.807) is 0 Å². The van der Waals surface area contributed by atoms with E-state index in [4.69, 9.17) is 10.5 Å². The fraction of sp³-hybridized carbons (Fsp3) is 0.611. The zero-order chi connectivity index (χ0) is 16.1. The molecule has 25 heavy (non-hydrogen) atoms. The van der Waals surface area contributed by atoms with Crippen molar-refractivity contribution in [3.05, 3.63) is 35.4 Å². The summed E-state index contributed by atoms with van der Waals surface area (Å²) in [5.74, 6) is 0.0979. The van der Waals surface area contributed by atoms with Gasteiger partial charge in [0, 0.05) is 45.9 Å². The standard InChI is InChI=1S/C18H27N3O2.2ClH/c19-14-18(6-11-23-12-7-18)17(22)20-8-10-21-9-5-15-3-1-2-4-16(15)13-21;;/h1-4H,5-14,19H2,(H,20,22);2*1H. The Bertz CT molecular complexity index is 551. The van der Waals surface area contributed by atoms with Gasteiger partial charge in [-0.05, 0) is 30.4 Å². The van der Waals surface area contributed by atoms with Crippen LogP contribution in [0, 0.1) is 5.41 Å². The topological polar surface area (TPSA) is 67.6 Å². The van der Waals surface area contributed by atoms with Gasteiger partial charge in [-0.2, -0.15) is 0 Å². The van der Waals surface area contributed by atoms with E-state index in [-0.39, 0.29) is 30.7 Å². The van der Waals surface area contributed by atoms with Crippen molar-refractivity contribution in [3.8, 4) is 0 Å². The van der Waals surface area contributed by atoms with Crippen LogP contribution < -0.4 is 11.1 Å². The predicted molar refractivity (Wildman–Crippen MR) is 104 cm³/mol. The Morgan fingerprint density at radius 2 is 1.88 bits per heavy atom. The number of fused-ring (bicyclic) bond motifs is 1. The highest BCUT2D eigenvalue weighted by atomic mass is 35.5. The number of amides is 1. The number of nitrogens with two attached hydrogens (primary N) is 1. The first-order valence-corrected chi connectivity index (χ1v) is 8.59. The normalized spacial score (nSPS) is 19.1. The summed E-state index contributed by atoms with van der Waals surface area (Å²) in [5, 5.41) is 3.10. The number of benzene rings is 1. The minimum absolute atomic E-state index is 0. The largest absolute Gasteiger partial charge is 0.381 e. The number of nitrogens with one attached hydrogen (secondary N) is 1. The Kier molecular flexibility index (Phi) is 9.17. The van der Waals surface area contributed by atoms with Gasteiger partial charge in [-0.3, -0.25) is 9.69 Å².